The highest BCUT2D eigenvalue weighted by Crippen LogP contribution is 2.04. The normalized spacial score (nSPS) is 12.8. The molecule has 0 aliphatic rings. The molecular weight excluding hydrogens is 190 g/mol. The Hall–Kier alpha value is -1.00. The molecule has 0 bridgehead atoms. The van der Waals surface area contributed by atoms with Gasteiger partial charge in [-0.05, 0) is 27.0 Å². The maximum absolute atomic E-state index is 5.20. The van der Waals surface area contributed by atoms with Crippen LogP contribution in [0.15, 0.2) is 6.07 Å². The third-order valence-electron chi connectivity index (χ3n) is 2.18. The summed E-state index contributed by atoms with van der Waals surface area (Å²) in [7, 11) is 3.61. The van der Waals surface area contributed by atoms with E-state index in [2.05, 4.69) is 15.3 Å². The zero-order valence-corrected chi connectivity index (χ0v) is 9.87. The molecule has 0 spiro atoms. The van der Waals surface area contributed by atoms with E-state index in [1.165, 1.54) is 0 Å². The molecule has 0 aliphatic carbocycles. The highest BCUT2D eigenvalue weighted by atomic mass is 16.5. The Bertz CT molecular complexity index is 315. The number of aromatic nitrogens is 2. The van der Waals surface area contributed by atoms with Gasteiger partial charge in [0, 0.05) is 25.8 Å². The van der Waals surface area contributed by atoms with Crippen LogP contribution in [0.3, 0.4) is 0 Å². The fraction of sp³-hybridized carbons (Fsp3) is 0.636. The van der Waals surface area contributed by atoms with Crippen LogP contribution < -0.4 is 5.32 Å². The van der Waals surface area contributed by atoms with Crippen LogP contribution in [0.5, 0.6) is 0 Å². The van der Waals surface area contributed by atoms with Crippen LogP contribution in [-0.4, -0.2) is 30.2 Å². The monoisotopic (exact) mass is 209 g/mol. The van der Waals surface area contributed by atoms with Crippen LogP contribution in [-0.2, 0) is 17.7 Å². The quantitative estimate of drug-likeness (QED) is 0.788. The number of nitrogens with one attached hydrogen (secondary N) is 1. The predicted molar refractivity (Wildman–Crippen MR) is 59.7 cm³/mol. The summed E-state index contributed by atoms with van der Waals surface area (Å²) in [6.45, 7) is 4.78. The molecule has 0 radical (unpaired) electrons. The summed E-state index contributed by atoms with van der Waals surface area (Å²) in [6.07, 6.45) is 0.920. The lowest BCUT2D eigenvalue weighted by molar-refractivity contribution is 0.117. The second kappa shape index (κ2) is 5.78. The van der Waals surface area contributed by atoms with E-state index >= 15 is 0 Å². The first-order chi connectivity index (χ1) is 7.15. The molecule has 0 saturated heterocycles. The van der Waals surface area contributed by atoms with Crippen LogP contribution in [0.1, 0.15) is 24.1 Å². The van der Waals surface area contributed by atoms with Crippen LogP contribution in [0.25, 0.3) is 0 Å². The van der Waals surface area contributed by atoms with Crippen LogP contribution >= 0.6 is 0 Å². The van der Waals surface area contributed by atoms with Gasteiger partial charge in [-0.15, -0.1) is 0 Å². The van der Waals surface area contributed by atoms with E-state index in [0.717, 1.165) is 30.2 Å². The molecule has 0 amide bonds. The molecule has 0 aromatic carbocycles. The maximum atomic E-state index is 5.20. The summed E-state index contributed by atoms with van der Waals surface area (Å²) in [5, 5.41) is 3.08. The lowest BCUT2D eigenvalue weighted by Crippen LogP contribution is -2.14. The standard InChI is InChI=1S/C11H19N3O/c1-8-5-10(7-12-3)14-11(13-8)6-9(2)15-4/h5,9,12H,6-7H2,1-4H3. The average molecular weight is 209 g/mol. The Balaban J connectivity index is 2.78. The van der Waals surface area contributed by atoms with Gasteiger partial charge in [-0.3, -0.25) is 0 Å². The smallest absolute Gasteiger partial charge is 0.131 e. The first-order valence-electron chi connectivity index (χ1n) is 5.16. The average Bonchev–Trinajstić information content (AvgIpc) is 2.17. The predicted octanol–water partition coefficient (Wildman–Crippen LogP) is 1.08. The molecule has 4 heteroatoms. The third-order valence-corrected chi connectivity index (χ3v) is 2.18. The summed E-state index contributed by atoms with van der Waals surface area (Å²) in [4.78, 5) is 8.84. The van der Waals surface area contributed by atoms with Crippen molar-refractivity contribution in [3.8, 4) is 0 Å². The third kappa shape index (κ3) is 3.93. The van der Waals surface area contributed by atoms with Crippen molar-refractivity contribution in [3.63, 3.8) is 0 Å². The van der Waals surface area contributed by atoms with Gasteiger partial charge in [-0.1, -0.05) is 0 Å². The van der Waals surface area contributed by atoms with Gasteiger partial charge in [0.05, 0.1) is 11.8 Å². The number of ether oxygens (including phenoxy) is 1. The minimum atomic E-state index is 0.161. The van der Waals surface area contributed by atoms with Crippen molar-refractivity contribution in [2.24, 2.45) is 0 Å². The largest absolute Gasteiger partial charge is 0.381 e. The number of hydrogen-bond acceptors (Lipinski definition) is 4. The van der Waals surface area contributed by atoms with Crippen LogP contribution in [0.2, 0.25) is 0 Å². The molecule has 1 aromatic heterocycles. The lowest BCUT2D eigenvalue weighted by atomic mass is 10.2. The zero-order valence-electron chi connectivity index (χ0n) is 9.87. The second-order valence-corrected chi connectivity index (χ2v) is 3.70. The Labute approximate surface area is 91.1 Å². The molecule has 0 fully saturated rings. The number of rotatable bonds is 5. The van der Waals surface area contributed by atoms with Gasteiger partial charge >= 0.3 is 0 Å². The zero-order chi connectivity index (χ0) is 11.3. The van der Waals surface area contributed by atoms with E-state index in [-0.39, 0.29) is 6.10 Å². The number of nitrogens with zero attached hydrogens (tertiary/aromatic N) is 2. The summed E-state index contributed by atoms with van der Waals surface area (Å²) in [5.74, 6) is 0.856. The summed E-state index contributed by atoms with van der Waals surface area (Å²) < 4.78 is 5.20. The van der Waals surface area contributed by atoms with Crippen LogP contribution in [0.4, 0.5) is 0 Å². The first kappa shape index (κ1) is 12.1. The molecule has 1 N–H and O–H groups in total. The van der Waals surface area contributed by atoms with Gasteiger partial charge in [0.15, 0.2) is 0 Å². The highest BCUT2D eigenvalue weighted by molar-refractivity contribution is 5.10. The van der Waals surface area contributed by atoms with Crippen molar-refractivity contribution in [3.05, 3.63) is 23.3 Å². The summed E-state index contributed by atoms with van der Waals surface area (Å²) in [6, 6.07) is 2.00. The fourth-order valence-electron chi connectivity index (χ4n) is 1.40. The van der Waals surface area contributed by atoms with Crippen molar-refractivity contribution >= 4 is 0 Å². The van der Waals surface area contributed by atoms with Crippen molar-refractivity contribution in [2.45, 2.75) is 32.9 Å². The molecule has 4 nitrogen and oxygen atoms in total. The van der Waals surface area contributed by atoms with Gasteiger partial charge in [0.1, 0.15) is 5.82 Å². The van der Waals surface area contributed by atoms with E-state index in [4.69, 9.17) is 4.74 Å². The molecule has 0 aliphatic heterocycles. The first-order valence-corrected chi connectivity index (χ1v) is 5.16. The Morgan fingerprint density at radius 1 is 1.47 bits per heavy atom. The van der Waals surface area contributed by atoms with Crippen LogP contribution in [0, 0.1) is 6.92 Å². The van der Waals surface area contributed by atoms with E-state index in [1.54, 1.807) is 7.11 Å². The Morgan fingerprint density at radius 3 is 2.80 bits per heavy atom. The number of aryl methyl sites for hydroxylation is 1. The minimum Gasteiger partial charge on any atom is -0.381 e. The molecule has 0 saturated carbocycles. The Kier molecular flexibility index (Phi) is 4.65. The number of hydrogen-bond donors (Lipinski definition) is 1. The van der Waals surface area contributed by atoms with Gasteiger partial charge < -0.3 is 10.1 Å². The van der Waals surface area contributed by atoms with Crippen molar-refractivity contribution in [1.29, 1.82) is 0 Å². The molecular formula is C11H19N3O. The molecule has 84 valence electrons. The lowest BCUT2D eigenvalue weighted by Gasteiger charge is -2.09. The number of methoxy groups -OCH3 is 1. The molecule has 1 atom stereocenters. The topological polar surface area (TPSA) is 47.0 Å². The fourth-order valence-corrected chi connectivity index (χ4v) is 1.40. The van der Waals surface area contributed by atoms with E-state index < -0.39 is 0 Å². The Morgan fingerprint density at radius 2 is 2.20 bits per heavy atom. The van der Waals surface area contributed by atoms with Gasteiger partial charge in [-0.2, -0.15) is 0 Å². The van der Waals surface area contributed by atoms with E-state index in [1.807, 2.05) is 27.0 Å². The maximum Gasteiger partial charge on any atom is 0.131 e. The van der Waals surface area contributed by atoms with E-state index in [9.17, 15) is 0 Å². The van der Waals surface area contributed by atoms with Gasteiger partial charge in [0.25, 0.3) is 0 Å². The van der Waals surface area contributed by atoms with Gasteiger partial charge in [-0.25, -0.2) is 9.97 Å². The molecule has 1 unspecified atom stereocenters. The summed E-state index contributed by atoms with van der Waals surface area (Å²) in [5.41, 5.74) is 2.04. The van der Waals surface area contributed by atoms with Crippen molar-refractivity contribution in [1.82, 2.24) is 15.3 Å². The second-order valence-electron chi connectivity index (χ2n) is 3.70. The molecule has 1 rings (SSSR count). The highest BCUT2D eigenvalue weighted by Gasteiger charge is 2.06. The molecule has 1 aromatic rings. The van der Waals surface area contributed by atoms with Crippen molar-refractivity contribution < 1.29 is 4.74 Å². The SMILES string of the molecule is CNCc1cc(C)nc(CC(C)OC)n1. The minimum absolute atomic E-state index is 0.161. The molecule has 1 heterocycles. The van der Waals surface area contributed by atoms with Gasteiger partial charge in [0.2, 0.25) is 0 Å². The van der Waals surface area contributed by atoms with E-state index in [0.29, 0.717) is 0 Å². The van der Waals surface area contributed by atoms with Crippen molar-refractivity contribution in [2.75, 3.05) is 14.2 Å². The summed E-state index contributed by atoms with van der Waals surface area (Å²) >= 11 is 0. The molecule has 15 heavy (non-hydrogen) atoms.